The molecule has 8 heteroatoms. The topological polar surface area (TPSA) is 67.2 Å². The Morgan fingerprint density at radius 3 is 2.60 bits per heavy atom. The Morgan fingerprint density at radius 1 is 1.17 bits per heavy atom. The van der Waals surface area contributed by atoms with E-state index in [9.17, 15) is 4.79 Å². The molecule has 0 spiro atoms. The van der Waals surface area contributed by atoms with Crippen LogP contribution in [0.4, 0.5) is 5.82 Å². The molecule has 0 saturated carbocycles. The van der Waals surface area contributed by atoms with Crippen LogP contribution in [0.2, 0.25) is 5.02 Å². The monoisotopic (exact) mass is 426 g/mol. The van der Waals surface area contributed by atoms with Gasteiger partial charge in [0, 0.05) is 44.0 Å². The molecule has 0 aliphatic carbocycles. The van der Waals surface area contributed by atoms with Crippen LogP contribution in [0.5, 0.6) is 0 Å². The Morgan fingerprint density at radius 2 is 1.93 bits per heavy atom. The number of aromatic nitrogens is 4. The van der Waals surface area contributed by atoms with Crippen molar-refractivity contribution in [3.63, 3.8) is 0 Å². The lowest BCUT2D eigenvalue weighted by Crippen LogP contribution is -2.49. The second-order valence-corrected chi connectivity index (χ2v) is 8.49. The maximum absolute atomic E-state index is 12.4. The van der Waals surface area contributed by atoms with Crippen molar-refractivity contribution in [3.05, 3.63) is 41.3 Å². The summed E-state index contributed by atoms with van der Waals surface area (Å²) in [4.78, 5) is 26.2. The number of nitrogens with zero attached hydrogens (tertiary/aromatic N) is 6. The minimum atomic E-state index is 0.237. The summed E-state index contributed by atoms with van der Waals surface area (Å²) in [6.45, 7) is 9.13. The highest BCUT2D eigenvalue weighted by molar-refractivity contribution is 6.30. The van der Waals surface area contributed by atoms with Crippen molar-refractivity contribution in [2.45, 2.75) is 33.6 Å². The van der Waals surface area contributed by atoms with Gasteiger partial charge < -0.3 is 9.80 Å². The van der Waals surface area contributed by atoms with Crippen LogP contribution in [0.25, 0.3) is 16.7 Å². The summed E-state index contributed by atoms with van der Waals surface area (Å²) in [7, 11) is 0. The van der Waals surface area contributed by atoms with Crippen LogP contribution in [-0.2, 0) is 11.2 Å². The first kappa shape index (κ1) is 20.6. The van der Waals surface area contributed by atoms with Crippen molar-refractivity contribution in [2.24, 2.45) is 5.92 Å². The van der Waals surface area contributed by atoms with Gasteiger partial charge in [-0.15, -0.1) is 0 Å². The highest BCUT2D eigenvalue weighted by Gasteiger charge is 2.25. The third-order valence-corrected chi connectivity index (χ3v) is 5.57. The second-order valence-electron chi connectivity index (χ2n) is 8.06. The summed E-state index contributed by atoms with van der Waals surface area (Å²) in [6.07, 6.45) is 3.15. The molecular formula is C22H27ClN6O. The molecule has 0 unspecified atom stereocenters. The zero-order valence-electron chi connectivity index (χ0n) is 17.7. The zero-order valence-corrected chi connectivity index (χ0v) is 18.4. The summed E-state index contributed by atoms with van der Waals surface area (Å²) in [5.74, 6) is 2.28. The first-order valence-corrected chi connectivity index (χ1v) is 10.9. The van der Waals surface area contributed by atoms with Gasteiger partial charge in [0.2, 0.25) is 5.91 Å². The number of hydrogen-bond donors (Lipinski definition) is 0. The van der Waals surface area contributed by atoms with E-state index in [1.807, 2.05) is 47.0 Å². The lowest BCUT2D eigenvalue weighted by atomic mass is 10.1. The van der Waals surface area contributed by atoms with E-state index >= 15 is 0 Å². The Balaban J connectivity index is 1.64. The number of amides is 1. The molecule has 0 bridgehead atoms. The van der Waals surface area contributed by atoms with Crippen LogP contribution in [0.1, 0.15) is 33.0 Å². The predicted molar refractivity (Wildman–Crippen MR) is 119 cm³/mol. The normalized spacial score (nSPS) is 14.7. The van der Waals surface area contributed by atoms with Gasteiger partial charge in [0.05, 0.1) is 17.3 Å². The molecule has 7 nitrogen and oxygen atoms in total. The van der Waals surface area contributed by atoms with Gasteiger partial charge in [-0.25, -0.2) is 14.6 Å². The molecule has 158 valence electrons. The predicted octanol–water partition coefficient (Wildman–Crippen LogP) is 3.73. The largest absolute Gasteiger partial charge is 0.352 e. The molecule has 1 amide bonds. The number of fused-ring (bicyclic) bond motifs is 1. The first-order valence-electron chi connectivity index (χ1n) is 10.5. The van der Waals surface area contributed by atoms with Crippen molar-refractivity contribution in [3.8, 4) is 5.69 Å². The molecule has 30 heavy (non-hydrogen) atoms. The molecule has 0 radical (unpaired) electrons. The smallest absolute Gasteiger partial charge is 0.222 e. The van der Waals surface area contributed by atoms with Gasteiger partial charge in [0.25, 0.3) is 0 Å². The Bertz CT molecular complexity index is 1050. The standard InChI is InChI=1S/C22H27ClN6O/c1-4-19-25-21(28-10-8-27(9-11-28)20(30)12-15(2)3)18-14-24-29(22(18)26-19)17-7-5-6-16(23)13-17/h5-7,13-15H,4,8-12H2,1-3H3. The van der Waals surface area contributed by atoms with Crippen LogP contribution < -0.4 is 4.90 Å². The van der Waals surface area contributed by atoms with Gasteiger partial charge >= 0.3 is 0 Å². The van der Waals surface area contributed by atoms with Crippen LogP contribution in [0.3, 0.4) is 0 Å². The fourth-order valence-electron chi connectivity index (χ4n) is 3.78. The van der Waals surface area contributed by atoms with Crippen molar-refractivity contribution in [1.82, 2.24) is 24.6 Å². The van der Waals surface area contributed by atoms with Crippen LogP contribution in [0, 0.1) is 5.92 Å². The number of carbonyl (C=O) groups is 1. The lowest BCUT2D eigenvalue weighted by molar-refractivity contribution is -0.132. The van der Waals surface area contributed by atoms with E-state index in [1.165, 1.54) is 0 Å². The highest BCUT2D eigenvalue weighted by atomic mass is 35.5. The summed E-state index contributed by atoms with van der Waals surface area (Å²) in [5, 5.41) is 6.14. The fourth-order valence-corrected chi connectivity index (χ4v) is 3.96. The maximum Gasteiger partial charge on any atom is 0.222 e. The molecule has 1 fully saturated rings. The molecular weight excluding hydrogens is 400 g/mol. The number of anilines is 1. The van der Waals surface area contributed by atoms with E-state index < -0.39 is 0 Å². The first-order chi connectivity index (χ1) is 14.5. The molecule has 0 atom stereocenters. The van der Waals surface area contributed by atoms with Gasteiger partial charge in [-0.05, 0) is 24.1 Å². The summed E-state index contributed by atoms with van der Waals surface area (Å²) in [5.41, 5.74) is 1.64. The molecule has 4 rings (SSSR count). The Labute approximate surface area is 181 Å². The van der Waals surface area contributed by atoms with E-state index in [-0.39, 0.29) is 5.91 Å². The molecule has 1 aromatic carbocycles. The second kappa shape index (κ2) is 8.60. The van der Waals surface area contributed by atoms with Crippen LogP contribution in [-0.4, -0.2) is 56.7 Å². The number of halogens is 1. The zero-order chi connectivity index (χ0) is 21.3. The molecule has 3 aromatic rings. The maximum atomic E-state index is 12.4. The molecule has 1 saturated heterocycles. The average molecular weight is 427 g/mol. The number of benzene rings is 1. The number of carbonyl (C=O) groups excluding carboxylic acids is 1. The van der Waals surface area contributed by atoms with Gasteiger partial charge in [-0.3, -0.25) is 4.79 Å². The summed E-state index contributed by atoms with van der Waals surface area (Å²) in [6, 6.07) is 7.58. The summed E-state index contributed by atoms with van der Waals surface area (Å²) < 4.78 is 1.81. The minimum Gasteiger partial charge on any atom is -0.352 e. The Kier molecular flexibility index (Phi) is 5.90. The quantitative estimate of drug-likeness (QED) is 0.621. The van der Waals surface area contributed by atoms with Gasteiger partial charge in [-0.1, -0.05) is 38.4 Å². The van der Waals surface area contributed by atoms with E-state index in [1.54, 1.807) is 0 Å². The van der Waals surface area contributed by atoms with Gasteiger partial charge in [0.1, 0.15) is 11.6 Å². The number of piperazine rings is 1. The Hall–Kier alpha value is -2.67. The molecule has 0 N–H and O–H groups in total. The third kappa shape index (κ3) is 4.12. The minimum absolute atomic E-state index is 0.237. The number of aryl methyl sites for hydroxylation is 1. The fraction of sp³-hybridized carbons (Fsp3) is 0.455. The SMILES string of the molecule is CCc1nc(N2CCN(C(=O)CC(C)C)CC2)c2cnn(-c3cccc(Cl)c3)c2n1. The molecule has 3 heterocycles. The van der Waals surface area contributed by atoms with Crippen LogP contribution >= 0.6 is 11.6 Å². The van der Waals surface area contributed by atoms with Crippen molar-refractivity contribution < 1.29 is 4.79 Å². The van der Waals surface area contributed by atoms with Gasteiger partial charge in [-0.2, -0.15) is 5.10 Å². The van der Waals surface area contributed by atoms with Crippen LogP contribution in [0.15, 0.2) is 30.5 Å². The van der Waals surface area contributed by atoms with E-state index in [2.05, 4.69) is 23.8 Å². The van der Waals surface area contributed by atoms with Crippen molar-refractivity contribution in [2.75, 3.05) is 31.1 Å². The molecule has 1 aliphatic heterocycles. The van der Waals surface area contributed by atoms with Gasteiger partial charge in [0.15, 0.2) is 5.65 Å². The third-order valence-electron chi connectivity index (χ3n) is 5.34. The van der Waals surface area contributed by atoms with E-state index in [0.29, 0.717) is 30.5 Å². The van der Waals surface area contributed by atoms with E-state index in [4.69, 9.17) is 21.6 Å². The van der Waals surface area contributed by atoms with Crippen molar-refractivity contribution >= 4 is 34.4 Å². The van der Waals surface area contributed by atoms with E-state index in [0.717, 1.165) is 47.9 Å². The molecule has 1 aliphatic rings. The number of hydrogen-bond acceptors (Lipinski definition) is 5. The van der Waals surface area contributed by atoms with Crippen molar-refractivity contribution in [1.29, 1.82) is 0 Å². The molecule has 2 aromatic heterocycles. The average Bonchev–Trinajstić information content (AvgIpc) is 3.16. The summed E-state index contributed by atoms with van der Waals surface area (Å²) >= 11 is 6.18. The highest BCUT2D eigenvalue weighted by Crippen LogP contribution is 2.27. The number of rotatable bonds is 5. The lowest BCUT2D eigenvalue weighted by Gasteiger charge is -2.36.